The SMILES string of the molecule is Cc1cccc(NC(=O)c2cc3ccc(Cl)cc3n2C)n1. The predicted octanol–water partition coefficient (Wildman–Crippen LogP) is 3.79. The highest BCUT2D eigenvalue weighted by atomic mass is 35.5. The Labute approximate surface area is 127 Å². The number of hydrogen-bond donors (Lipinski definition) is 1. The number of rotatable bonds is 2. The second kappa shape index (κ2) is 5.22. The van der Waals surface area contributed by atoms with Gasteiger partial charge in [0.15, 0.2) is 0 Å². The Kier molecular flexibility index (Phi) is 3.39. The van der Waals surface area contributed by atoms with Gasteiger partial charge in [-0.2, -0.15) is 0 Å². The van der Waals surface area contributed by atoms with Gasteiger partial charge >= 0.3 is 0 Å². The van der Waals surface area contributed by atoms with Crippen molar-refractivity contribution in [3.63, 3.8) is 0 Å². The monoisotopic (exact) mass is 299 g/mol. The minimum Gasteiger partial charge on any atom is -0.340 e. The van der Waals surface area contributed by atoms with E-state index in [1.54, 1.807) is 6.07 Å². The number of aromatic nitrogens is 2. The van der Waals surface area contributed by atoms with Crippen molar-refractivity contribution < 1.29 is 4.79 Å². The van der Waals surface area contributed by atoms with E-state index in [0.29, 0.717) is 16.5 Å². The molecule has 0 unspecified atom stereocenters. The van der Waals surface area contributed by atoms with Gasteiger partial charge in [0, 0.05) is 28.7 Å². The molecule has 1 aromatic carbocycles. The number of amides is 1. The van der Waals surface area contributed by atoms with E-state index in [4.69, 9.17) is 11.6 Å². The van der Waals surface area contributed by atoms with Gasteiger partial charge in [-0.3, -0.25) is 4.79 Å². The van der Waals surface area contributed by atoms with Crippen LogP contribution in [-0.4, -0.2) is 15.5 Å². The van der Waals surface area contributed by atoms with Crippen LogP contribution in [0.15, 0.2) is 42.5 Å². The first-order chi connectivity index (χ1) is 10.0. The molecule has 3 rings (SSSR count). The second-order valence-electron chi connectivity index (χ2n) is 4.91. The topological polar surface area (TPSA) is 46.9 Å². The van der Waals surface area contributed by atoms with E-state index in [9.17, 15) is 4.79 Å². The first-order valence-corrected chi connectivity index (χ1v) is 6.92. The number of carbonyl (C=O) groups excluding carboxylic acids is 1. The van der Waals surface area contributed by atoms with Gasteiger partial charge in [-0.1, -0.05) is 23.7 Å². The van der Waals surface area contributed by atoms with Gasteiger partial charge in [0.2, 0.25) is 0 Å². The van der Waals surface area contributed by atoms with Gasteiger partial charge in [0.25, 0.3) is 5.91 Å². The van der Waals surface area contributed by atoms with Crippen LogP contribution in [0.25, 0.3) is 10.9 Å². The molecule has 0 bridgehead atoms. The van der Waals surface area contributed by atoms with Gasteiger partial charge in [-0.15, -0.1) is 0 Å². The average molecular weight is 300 g/mol. The Bertz CT molecular complexity index is 839. The van der Waals surface area contributed by atoms with Gasteiger partial charge in [-0.05, 0) is 37.3 Å². The Morgan fingerprint density at radius 1 is 1.24 bits per heavy atom. The maximum Gasteiger partial charge on any atom is 0.273 e. The highest BCUT2D eigenvalue weighted by molar-refractivity contribution is 6.31. The van der Waals surface area contributed by atoms with Crippen LogP contribution in [0.2, 0.25) is 5.02 Å². The Hall–Kier alpha value is -2.33. The van der Waals surface area contributed by atoms with E-state index in [-0.39, 0.29) is 5.91 Å². The van der Waals surface area contributed by atoms with Crippen molar-refractivity contribution in [3.05, 3.63) is 58.9 Å². The summed E-state index contributed by atoms with van der Waals surface area (Å²) in [5.41, 5.74) is 2.34. The van der Waals surface area contributed by atoms with E-state index in [2.05, 4.69) is 10.3 Å². The molecule has 0 spiro atoms. The molecule has 0 saturated heterocycles. The molecule has 1 N–H and O–H groups in total. The lowest BCUT2D eigenvalue weighted by Crippen LogP contribution is -2.16. The predicted molar refractivity (Wildman–Crippen MR) is 84.9 cm³/mol. The lowest BCUT2D eigenvalue weighted by Gasteiger charge is -2.06. The Morgan fingerprint density at radius 2 is 2.05 bits per heavy atom. The minimum atomic E-state index is -0.192. The van der Waals surface area contributed by atoms with Crippen LogP contribution in [0.3, 0.4) is 0 Å². The summed E-state index contributed by atoms with van der Waals surface area (Å²) in [5.74, 6) is 0.353. The number of carbonyl (C=O) groups is 1. The second-order valence-corrected chi connectivity index (χ2v) is 5.35. The molecule has 0 aliphatic rings. The van der Waals surface area contributed by atoms with E-state index in [1.807, 2.05) is 54.9 Å². The summed E-state index contributed by atoms with van der Waals surface area (Å²) in [6.07, 6.45) is 0. The minimum absolute atomic E-state index is 0.192. The lowest BCUT2D eigenvalue weighted by molar-refractivity contribution is 0.101. The number of fused-ring (bicyclic) bond motifs is 1. The summed E-state index contributed by atoms with van der Waals surface area (Å²) in [6.45, 7) is 1.88. The Morgan fingerprint density at radius 3 is 2.81 bits per heavy atom. The van der Waals surface area contributed by atoms with E-state index >= 15 is 0 Å². The first kappa shape index (κ1) is 13.6. The molecule has 2 heterocycles. The van der Waals surface area contributed by atoms with Crippen molar-refractivity contribution in [1.82, 2.24) is 9.55 Å². The normalized spacial score (nSPS) is 10.8. The zero-order valence-corrected chi connectivity index (χ0v) is 12.5. The van der Waals surface area contributed by atoms with Crippen LogP contribution in [0.1, 0.15) is 16.2 Å². The third kappa shape index (κ3) is 2.62. The van der Waals surface area contributed by atoms with Gasteiger partial charge in [-0.25, -0.2) is 4.98 Å². The maximum atomic E-state index is 12.4. The highest BCUT2D eigenvalue weighted by Gasteiger charge is 2.14. The van der Waals surface area contributed by atoms with Crippen LogP contribution in [0.5, 0.6) is 0 Å². The van der Waals surface area contributed by atoms with Crippen molar-refractivity contribution in [2.45, 2.75) is 6.92 Å². The molecule has 21 heavy (non-hydrogen) atoms. The zero-order chi connectivity index (χ0) is 15.0. The van der Waals surface area contributed by atoms with E-state index in [1.165, 1.54) is 0 Å². The summed E-state index contributed by atoms with van der Waals surface area (Å²) < 4.78 is 1.83. The van der Waals surface area contributed by atoms with Crippen molar-refractivity contribution in [3.8, 4) is 0 Å². The molecule has 0 radical (unpaired) electrons. The molecular formula is C16H14ClN3O. The number of pyridine rings is 1. The van der Waals surface area contributed by atoms with Crippen molar-refractivity contribution in [2.75, 3.05) is 5.32 Å². The molecule has 0 fully saturated rings. The number of hydrogen-bond acceptors (Lipinski definition) is 2. The summed E-state index contributed by atoms with van der Waals surface area (Å²) >= 11 is 6.00. The van der Waals surface area contributed by atoms with Crippen LogP contribution in [-0.2, 0) is 7.05 Å². The van der Waals surface area contributed by atoms with Gasteiger partial charge < -0.3 is 9.88 Å². The molecular weight excluding hydrogens is 286 g/mol. The fourth-order valence-electron chi connectivity index (χ4n) is 2.31. The fraction of sp³-hybridized carbons (Fsp3) is 0.125. The van der Waals surface area contributed by atoms with Crippen LogP contribution in [0.4, 0.5) is 5.82 Å². The molecule has 4 nitrogen and oxygen atoms in total. The van der Waals surface area contributed by atoms with E-state index < -0.39 is 0 Å². The molecule has 0 aliphatic heterocycles. The van der Waals surface area contributed by atoms with Gasteiger partial charge in [0.05, 0.1) is 0 Å². The Balaban J connectivity index is 1.96. The highest BCUT2D eigenvalue weighted by Crippen LogP contribution is 2.23. The molecule has 3 aromatic rings. The summed E-state index contributed by atoms with van der Waals surface area (Å²) in [5, 5.41) is 4.44. The molecule has 0 aliphatic carbocycles. The first-order valence-electron chi connectivity index (χ1n) is 6.54. The number of nitrogens with one attached hydrogen (secondary N) is 1. The number of nitrogens with zero attached hydrogens (tertiary/aromatic N) is 2. The molecule has 0 atom stereocenters. The number of aryl methyl sites for hydroxylation is 2. The third-order valence-corrected chi connectivity index (χ3v) is 3.61. The number of anilines is 1. The maximum absolute atomic E-state index is 12.4. The third-order valence-electron chi connectivity index (χ3n) is 3.37. The molecule has 2 aromatic heterocycles. The lowest BCUT2D eigenvalue weighted by atomic mass is 10.2. The summed E-state index contributed by atoms with van der Waals surface area (Å²) in [7, 11) is 1.84. The van der Waals surface area contributed by atoms with E-state index in [0.717, 1.165) is 16.6 Å². The largest absolute Gasteiger partial charge is 0.340 e. The fourth-order valence-corrected chi connectivity index (χ4v) is 2.48. The quantitative estimate of drug-likeness (QED) is 0.782. The van der Waals surface area contributed by atoms with Crippen molar-refractivity contribution in [1.29, 1.82) is 0 Å². The standard InChI is InChI=1S/C16H14ClN3O/c1-10-4-3-5-15(18-10)19-16(21)14-8-11-6-7-12(17)9-13(11)20(14)2/h3-9H,1-2H3,(H,18,19,21). The number of benzene rings is 1. The average Bonchev–Trinajstić information content (AvgIpc) is 2.76. The zero-order valence-electron chi connectivity index (χ0n) is 11.7. The van der Waals surface area contributed by atoms with Crippen LogP contribution < -0.4 is 5.32 Å². The van der Waals surface area contributed by atoms with Crippen molar-refractivity contribution >= 4 is 34.2 Å². The van der Waals surface area contributed by atoms with Crippen LogP contribution in [0, 0.1) is 6.92 Å². The molecule has 0 saturated carbocycles. The van der Waals surface area contributed by atoms with Crippen LogP contribution >= 0.6 is 11.6 Å². The molecule has 106 valence electrons. The number of halogens is 1. The van der Waals surface area contributed by atoms with Crippen molar-refractivity contribution in [2.24, 2.45) is 7.05 Å². The van der Waals surface area contributed by atoms with Gasteiger partial charge in [0.1, 0.15) is 11.5 Å². The molecule has 5 heteroatoms. The smallest absolute Gasteiger partial charge is 0.273 e. The summed E-state index contributed by atoms with van der Waals surface area (Å²) in [4.78, 5) is 16.7. The molecule has 1 amide bonds. The summed E-state index contributed by atoms with van der Waals surface area (Å²) in [6, 6.07) is 12.9.